The minimum absolute atomic E-state index is 0.0536. The van der Waals surface area contributed by atoms with Crippen LogP contribution in [0, 0.1) is 5.41 Å². The predicted molar refractivity (Wildman–Crippen MR) is 209 cm³/mol. The van der Waals surface area contributed by atoms with E-state index < -0.39 is 5.41 Å². The fourth-order valence-corrected chi connectivity index (χ4v) is 6.59. The van der Waals surface area contributed by atoms with E-state index in [0.29, 0.717) is 25.8 Å². The van der Waals surface area contributed by atoms with Crippen molar-refractivity contribution in [2.24, 2.45) is 5.41 Å². The second-order valence-corrected chi connectivity index (χ2v) is 15.5. The van der Waals surface area contributed by atoms with Crippen LogP contribution in [0.15, 0.2) is 0 Å². The Hall–Kier alpha value is -1.63. The van der Waals surface area contributed by atoms with E-state index in [2.05, 4.69) is 20.8 Å². The highest BCUT2D eigenvalue weighted by molar-refractivity contribution is 5.70. The number of carbonyl (C=O) groups excluding carboxylic acids is 3. The SMILES string of the molecule is CCCCCCCCCCCC(=O)OCC(COC(=O)CCCCCCCCCCC)(COC(=O)CCCCCCCCCCC)CN(C)C. The van der Waals surface area contributed by atoms with Crippen LogP contribution < -0.4 is 0 Å². The molecule has 0 rings (SSSR count). The molecule has 0 aromatic heterocycles. The topological polar surface area (TPSA) is 82.1 Å². The first-order valence-corrected chi connectivity index (χ1v) is 21.4. The van der Waals surface area contributed by atoms with E-state index in [0.717, 1.165) is 57.8 Å². The number of esters is 3. The summed E-state index contributed by atoms with van der Waals surface area (Å²) in [5, 5.41) is 0. The number of hydrogen-bond donors (Lipinski definition) is 0. The molecule has 0 atom stereocenters. The Morgan fingerprint density at radius 2 is 0.600 bits per heavy atom. The number of rotatable bonds is 38. The largest absolute Gasteiger partial charge is 0.465 e. The van der Waals surface area contributed by atoms with Crippen LogP contribution in [0.3, 0.4) is 0 Å². The number of unbranched alkanes of at least 4 members (excludes halogenated alkanes) is 24. The molecule has 0 radical (unpaired) electrons. The predicted octanol–water partition coefficient (Wildman–Crippen LogP) is 11.9. The van der Waals surface area contributed by atoms with Crippen LogP contribution in [0.4, 0.5) is 0 Å². The number of nitrogens with zero attached hydrogens (tertiary/aromatic N) is 1. The van der Waals surface area contributed by atoms with Gasteiger partial charge in [0.15, 0.2) is 0 Å². The molecule has 0 saturated heterocycles. The fraction of sp³-hybridized carbons (Fsp3) is 0.930. The standard InChI is InChI=1S/C43H83NO6/c1-6-9-12-15-18-21-24-27-30-33-40(45)48-37-43(36-44(4)5,38-49-41(46)34-31-28-25-22-19-16-13-10-7-2)39-50-42(47)35-32-29-26-23-20-17-14-11-8-3/h6-39H2,1-5H3. The van der Waals surface area contributed by atoms with Crippen LogP contribution in [0.5, 0.6) is 0 Å². The highest BCUT2D eigenvalue weighted by Crippen LogP contribution is 2.23. The second kappa shape index (κ2) is 35.8. The molecule has 0 aliphatic rings. The van der Waals surface area contributed by atoms with Gasteiger partial charge in [-0.25, -0.2) is 0 Å². The van der Waals surface area contributed by atoms with Gasteiger partial charge in [-0.2, -0.15) is 0 Å². The monoisotopic (exact) mass is 710 g/mol. The fourth-order valence-electron chi connectivity index (χ4n) is 6.59. The minimum Gasteiger partial charge on any atom is -0.465 e. The van der Waals surface area contributed by atoms with Gasteiger partial charge in [0.05, 0.1) is 5.41 Å². The zero-order chi connectivity index (χ0) is 37.0. The van der Waals surface area contributed by atoms with Crippen molar-refractivity contribution < 1.29 is 28.6 Å². The van der Waals surface area contributed by atoms with Gasteiger partial charge >= 0.3 is 17.9 Å². The number of ether oxygens (including phenoxy) is 3. The van der Waals surface area contributed by atoms with Crippen LogP contribution in [-0.2, 0) is 28.6 Å². The van der Waals surface area contributed by atoms with E-state index in [4.69, 9.17) is 14.2 Å². The lowest BCUT2D eigenvalue weighted by Crippen LogP contribution is -2.46. The Labute approximate surface area is 310 Å². The van der Waals surface area contributed by atoms with Crippen LogP contribution in [0.1, 0.15) is 213 Å². The van der Waals surface area contributed by atoms with E-state index >= 15 is 0 Å². The molecule has 0 spiro atoms. The second-order valence-electron chi connectivity index (χ2n) is 15.5. The first-order valence-electron chi connectivity index (χ1n) is 21.4. The van der Waals surface area contributed by atoms with Crippen molar-refractivity contribution in [3.63, 3.8) is 0 Å². The summed E-state index contributed by atoms with van der Waals surface area (Å²) < 4.78 is 17.5. The third kappa shape index (κ3) is 32.3. The van der Waals surface area contributed by atoms with Crippen LogP contribution in [0.25, 0.3) is 0 Å². The van der Waals surface area contributed by atoms with Crippen molar-refractivity contribution >= 4 is 17.9 Å². The summed E-state index contributed by atoms with van der Waals surface area (Å²) in [5.41, 5.74) is -0.819. The average molecular weight is 710 g/mol. The van der Waals surface area contributed by atoms with Crippen molar-refractivity contribution in [2.75, 3.05) is 40.5 Å². The smallest absolute Gasteiger partial charge is 0.305 e. The summed E-state index contributed by atoms with van der Waals surface area (Å²) in [4.78, 5) is 40.4. The van der Waals surface area contributed by atoms with E-state index in [1.165, 1.54) is 116 Å². The normalized spacial score (nSPS) is 11.6. The van der Waals surface area contributed by atoms with Gasteiger partial charge in [0, 0.05) is 25.8 Å². The van der Waals surface area contributed by atoms with Crippen molar-refractivity contribution in [1.29, 1.82) is 0 Å². The highest BCUT2D eigenvalue weighted by Gasteiger charge is 2.36. The quantitative estimate of drug-likeness (QED) is 0.0358. The Bertz CT molecular complexity index is 692. The van der Waals surface area contributed by atoms with Crippen LogP contribution in [-0.4, -0.2) is 63.3 Å². The maximum absolute atomic E-state index is 12.8. The summed E-state index contributed by atoms with van der Waals surface area (Å²) in [7, 11) is 3.87. The molecular formula is C43H83NO6. The average Bonchev–Trinajstić information content (AvgIpc) is 3.09. The van der Waals surface area contributed by atoms with Gasteiger partial charge in [-0.3, -0.25) is 14.4 Å². The molecule has 7 heteroatoms. The minimum atomic E-state index is -0.819. The maximum atomic E-state index is 12.8. The van der Waals surface area contributed by atoms with Crippen LogP contribution >= 0.6 is 0 Å². The molecule has 0 aliphatic heterocycles. The van der Waals surface area contributed by atoms with E-state index in [1.807, 2.05) is 19.0 Å². The van der Waals surface area contributed by atoms with E-state index in [1.54, 1.807) is 0 Å². The molecule has 0 saturated carbocycles. The number of carbonyl (C=O) groups is 3. The van der Waals surface area contributed by atoms with Gasteiger partial charge in [0.1, 0.15) is 19.8 Å². The van der Waals surface area contributed by atoms with E-state index in [-0.39, 0.29) is 37.7 Å². The molecule has 296 valence electrons. The number of hydrogen-bond acceptors (Lipinski definition) is 7. The van der Waals surface area contributed by atoms with Gasteiger partial charge in [0.25, 0.3) is 0 Å². The lowest BCUT2D eigenvalue weighted by atomic mass is 9.90. The van der Waals surface area contributed by atoms with Crippen molar-refractivity contribution in [1.82, 2.24) is 4.90 Å². The molecule has 0 bridgehead atoms. The summed E-state index contributed by atoms with van der Waals surface area (Å²) in [6.07, 6.45) is 33.2. The zero-order valence-corrected chi connectivity index (χ0v) is 33.9. The molecule has 0 heterocycles. The van der Waals surface area contributed by atoms with Crippen molar-refractivity contribution in [2.45, 2.75) is 213 Å². The molecule has 0 aromatic carbocycles. The Morgan fingerprint density at radius 1 is 0.380 bits per heavy atom. The Morgan fingerprint density at radius 3 is 0.820 bits per heavy atom. The van der Waals surface area contributed by atoms with Gasteiger partial charge in [-0.1, -0.05) is 175 Å². The van der Waals surface area contributed by atoms with Crippen molar-refractivity contribution in [3.8, 4) is 0 Å². The molecule has 0 aromatic rings. The molecule has 0 unspecified atom stereocenters. The van der Waals surface area contributed by atoms with E-state index in [9.17, 15) is 14.4 Å². The molecule has 0 fully saturated rings. The molecule has 0 amide bonds. The van der Waals surface area contributed by atoms with Crippen molar-refractivity contribution in [3.05, 3.63) is 0 Å². The first kappa shape index (κ1) is 48.4. The van der Waals surface area contributed by atoms with Gasteiger partial charge in [-0.15, -0.1) is 0 Å². The summed E-state index contributed by atoms with van der Waals surface area (Å²) in [6.45, 7) is 7.34. The molecule has 0 N–H and O–H groups in total. The molecule has 7 nitrogen and oxygen atoms in total. The zero-order valence-electron chi connectivity index (χ0n) is 33.9. The molecule has 50 heavy (non-hydrogen) atoms. The summed E-state index contributed by atoms with van der Waals surface area (Å²) >= 11 is 0. The lowest BCUT2D eigenvalue weighted by Gasteiger charge is -2.34. The van der Waals surface area contributed by atoms with Gasteiger partial charge in [-0.05, 0) is 33.4 Å². The van der Waals surface area contributed by atoms with Gasteiger partial charge in [0.2, 0.25) is 0 Å². The third-order valence-corrected chi connectivity index (χ3v) is 9.72. The summed E-state index contributed by atoms with van der Waals surface area (Å²) in [6, 6.07) is 0. The maximum Gasteiger partial charge on any atom is 0.305 e. The third-order valence-electron chi connectivity index (χ3n) is 9.72. The first-order chi connectivity index (χ1) is 24.3. The highest BCUT2D eigenvalue weighted by atomic mass is 16.6. The Kier molecular flexibility index (Phi) is 34.6. The Balaban J connectivity index is 4.91. The van der Waals surface area contributed by atoms with Crippen LogP contribution in [0.2, 0.25) is 0 Å². The van der Waals surface area contributed by atoms with Gasteiger partial charge < -0.3 is 19.1 Å². The lowest BCUT2D eigenvalue weighted by molar-refractivity contribution is -0.163. The molecular weight excluding hydrogens is 626 g/mol. The molecule has 0 aliphatic carbocycles. The summed E-state index contributed by atoms with van der Waals surface area (Å²) in [5.74, 6) is -0.714.